The van der Waals surface area contributed by atoms with Crippen LogP contribution in [-0.4, -0.2) is 43.5 Å². The lowest BCUT2D eigenvalue weighted by Crippen LogP contribution is -2.51. The summed E-state index contributed by atoms with van der Waals surface area (Å²) in [5.41, 5.74) is 3.15. The molecule has 1 fully saturated rings. The summed E-state index contributed by atoms with van der Waals surface area (Å²) in [5.74, 6) is 1.05. The molecule has 2 aromatic carbocycles. The standard InChI is InChI=1S/C21H26N2O2/c1-16-14-23(20-9-4-5-10-21(20)25-3)12-11-22(16)15-18-7-6-8-19(13-18)17(2)24/h4-10,13,16H,11-12,14-15H2,1-3H3/t16-/m1/s1. The topological polar surface area (TPSA) is 32.8 Å². The van der Waals surface area contributed by atoms with Crippen LogP contribution in [0.3, 0.4) is 0 Å². The first-order valence-corrected chi connectivity index (χ1v) is 8.80. The van der Waals surface area contributed by atoms with Crippen molar-refractivity contribution in [3.63, 3.8) is 0 Å². The third-order valence-corrected chi connectivity index (χ3v) is 4.91. The van der Waals surface area contributed by atoms with E-state index >= 15 is 0 Å². The minimum Gasteiger partial charge on any atom is -0.495 e. The van der Waals surface area contributed by atoms with Gasteiger partial charge in [-0.05, 0) is 37.6 Å². The van der Waals surface area contributed by atoms with Crippen molar-refractivity contribution in [1.29, 1.82) is 0 Å². The van der Waals surface area contributed by atoms with E-state index in [4.69, 9.17) is 4.74 Å². The van der Waals surface area contributed by atoms with Crippen molar-refractivity contribution in [2.45, 2.75) is 26.4 Å². The summed E-state index contributed by atoms with van der Waals surface area (Å²) in [6.07, 6.45) is 0. The summed E-state index contributed by atoms with van der Waals surface area (Å²) >= 11 is 0. The molecule has 1 heterocycles. The first kappa shape index (κ1) is 17.5. The molecule has 4 nitrogen and oxygen atoms in total. The van der Waals surface area contributed by atoms with Crippen molar-refractivity contribution in [3.8, 4) is 5.75 Å². The Hall–Kier alpha value is -2.33. The number of anilines is 1. The van der Waals surface area contributed by atoms with E-state index in [0.717, 1.165) is 43.2 Å². The van der Waals surface area contributed by atoms with E-state index in [2.05, 4.69) is 34.9 Å². The Kier molecular flexibility index (Phi) is 5.39. The van der Waals surface area contributed by atoms with E-state index in [0.29, 0.717) is 6.04 Å². The normalized spacial score (nSPS) is 18.2. The van der Waals surface area contributed by atoms with Gasteiger partial charge >= 0.3 is 0 Å². The number of Topliss-reactive ketones (excluding diaryl/α,β-unsaturated/α-hetero) is 1. The molecule has 0 saturated carbocycles. The summed E-state index contributed by atoms with van der Waals surface area (Å²) in [6, 6.07) is 16.6. The molecular weight excluding hydrogens is 312 g/mol. The van der Waals surface area contributed by atoms with E-state index in [9.17, 15) is 4.79 Å². The number of para-hydroxylation sites is 2. The van der Waals surface area contributed by atoms with E-state index < -0.39 is 0 Å². The molecule has 25 heavy (non-hydrogen) atoms. The Bertz CT molecular complexity index is 744. The second kappa shape index (κ2) is 7.70. The van der Waals surface area contributed by atoms with Gasteiger partial charge in [-0.25, -0.2) is 0 Å². The number of nitrogens with zero attached hydrogens (tertiary/aromatic N) is 2. The quantitative estimate of drug-likeness (QED) is 0.780. The maximum Gasteiger partial charge on any atom is 0.159 e. The molecule has 2 aromatic rings. The van der Waals surface area contributed by atoms with Crippen LogP contribution < -0.4 is 9.64 Å². The molecule has 0 spiro atoms. The maximum absolute atomic E-state index is 11.6. The van der Waals surface area contributed by atoms with Crippen LogP contribution in [0.15, 0.2) is 48.5 Å². The molecule has 1 aliphatic heterocycles. The molecule has 0 bridgehead atoms. The summed E-state index contributed by atoms with van der Waals surface area (Å²) in [5, 5.41) is 0. The highest BCUT2D eigenvalue weighted by atomic mass is 16.5. The minimum atomic E-state index is 0.121. The smallest absolute Gasteiger partial charge is 0.159 e. The molecule has 1 saturated heterocycles. The van der Waals surface area contributed by atoms with Crippen LogP contribution in [0.4, 0.5) is 5.69 Å². The zero-order valence-corrected chi connectivity index (χ0v) is 15.2. The number of ketones is 1. The van der Waals surface area contributed by atoms with Gasteiger partial charge in [0.05, 0.1) is 12.8 Å². The largest absolute Gasteiger partial charge is 0.495 e. The van der Waals surface area contributed by atoms with Crippen molar-refractivity contribution in [2.75, 3.05) is 31.6 Å². The molecule has 132 valence electrons. The molecule has 0 aliphatic carbocycles. The number of hydrogen-bond acceptors (Lipinski definition) is 4. The fraction of sp³-hybridized carbons (Fsp3) is 0.381. The van der Waals surface area contributed by atoms with Crippen molar-refractivity contribution >= 4 is 11.5 Å². The number of piperazine rings is 1. The average molecular weight is 338 g/mol. The van der Waals surface area contributed by atoms with Gasteiger partial charge in [-0.1, -0.05) is 30.3 Å². The number of hydrogen-bond donors (Lipinski definition) is 0. The van der Waals surface area contributed by atoms with Gasteiger partial charge < -0.3 is 9.64 Å². The lowest BCUT2D eigenvalue weighted by atomic mass is 10.1. The number of carbonyl (C=O) groups is 1. The van der Waals surface area contributed by atoms with E-state index in [1.807, 2.05) is 30.3 Å². The van der Waals surface area contributed by atoms with Crippen molar-refractivity contribution in [3.05, 3.63) is 59.7 Å². The molecule has 0 unspecified atom stereocenters. The maximum atomic E-state index is 11.6. The van der Waals surface area contributed by atoms with Gasteiger partial charge in [-0.15, -0.1) is 0 Å². The average Bonchev–Trinajstić information content (AvgIpc) is 2.63. The second-order valence-electron chi connectivity index (χ2n) is 6.69. The first-order valence-electron chi connectivity index (χ1n) is 8.80. The third kappa shape index (κ3) is 4.02. The van der Waals surface area contributed by atoms with Crippen LogP contribution in [0.25, 0.3) is 0 Å². The zero-order valence-electron chi connectivity index (χ0n) is 15.2. The lowest BCUT2D eigenvalue weighted by molar-refractivity contribution is 0.101. The predicted octanol–water partition coefficient (Wildman–Crippen LogP) is 3.61. The number of benzene rings is 2. The van der Waals surface area contributed by atoms with Crippen molar-refractivity contribution in [2.24, 2.45) is 0 Å². The van der Waals surface area contributed by atoms with Crippen LogP contribution in [0.2, 0.25) is 0 Å². The molecule has 0 N–H and O–H groups in total. The molecule has 1 atom stereocenters. The second-order valence-corrected chi connectivity index (χ2v) is 6.69. The number of ether oxygens (including phenoxy) is 1. The molecule has 0 amide bonds. The van der Waals surface area contributed by atoms with Crippen molar-refractivity contribution < 1.29 is 9.53 Å². The highest BCUT2D eigenvalue weighted by molar-refractivity contribution is 5.94. The first-order chi connectivity index (χ1) is 12.1. The van der Waals surface area contributed by atoms with Gasteiger partial charge in [0.15, 0.2) is 5.78 Å². The molecule has 0 radical (unpaired) electrons. The summed E-state index contributed by atoms with van der Waals surface area (Å²) < 4.78 is 5.50. The minimum absolute atomic E-state index is 0.121. The number of rotatable bonds is 5. The van der Waals surface area contributed by atoms with Crippen LogP contribution in [-0.2, 0) is 6.54 Å². The summed E-state index contributed by atoms with van der Waals surface area (Å²) in [7, 11) is 1.72. The molecule has 3 rings (SSSR count). The molecule has 1 aliphatic rings. The van der Waals surface area contributed by atoms with Crippen LogP contribution in [0.5, 0.6) is 5.75 Å². The van der Waals surface area contributed by atoms with Gasteiger partial charge in [-0.2, -0.15) is 0 Å². The Morgan fingerprint density at radius 2 is 1.96 bits per heavy atom. The van der Waals surface area contributed by atoms with Gasteiger partial charge in [0.2, 0.25) is 0 Å². The fourth-order valence-electron chi connectivity index (χ4n) is 3.46. The Balaban J connectivity index is 1.68. The molecule has 4 heteroatoms. The van der Waals surface area contributed by atoms with Gasteiger partial charge in [0.25, 0.3) is 0 Å². The zero-order chi connectivity index (χ0) is 17.8. The Labute approximate surface area is 150 Å². The van der Waals surface area contributed by atoms with Crippen LogP contribution in [0.1, 0.15) is 29.8 Å². The van der Waals surface area contributed by atoms with Gasteiger partial charge in [0.1, 0.15) is 5.75 Å². The molecular formula is C21H26N2O2. The van der Waals surface area contributed by atoms with Crippen LogP contribution >= 0.6 is 0 Å². The SMILES string of the molecule is COc1ccccc1N1CCN(Cc2cccc(C(C)=O)c2)[C@H](C)C1. The van der Waals surface area contributed by atoms with E-state index in [-0.39, 0.29) is 5.78 Å². The summed E-state index contributed by atoms with van der Waals surface area (Å²) in [6.45, 7) is 7.68. The van der Waals surface area contributed by atoms with Gasteiger partial charge in [-0.3, -0.25) is 9.69 Å². The highest BCUT2D eigenvalue weighted by Gasteiger charge is 2.25. The molecule has 0 aromatic heterocycles. The Morgan fingerprint density at radius 1 is 1.16 bits per heavy atom. The fourth-order valence-corrected chi connectivity index (χ4v) is 3.46. The van der Waals surface area contributed by atoms with Gasteiger partial charge in [0, 0.05) is 37.8 Å². The van der Waals surface area contributed by atoms with E-state index in [1.54, 1.807) is 14.0 Å². The number of methoxy groups -OCH3 is 1. The van der Waals surface area contributed by atoms with Crippen molar-refractivity contribution in [1.82, 2.24) is 4.90 Å². The number of carbonyl (C=O) groups excluding carboxylic acids is 1. The third-order valence-electron chi connectivity index (χ3n) is 4.91. The van der Waals surface area contributed by atoms with E-state index in [1.165, 1.54) is 5.56 Å². The highest BCUT2D eigenvalue weighted by Crippen LogP contribution is 2.29. The van der Waals surface area contributed by atoms with Crippen LogP contribution in [0, 0.1) is 0 Å². The predicted molar refractivity (Wildman–Crippen MR) is 102 cm³/mol. The lowest BCUT2D eigenvalue weighted by Gasteiger charge is -2.41. The summed E-state index contributed by atoms with van der Waals surface area (Å²) in [4.78, 5) is 16.5. The monoisotopic (exact) mass is 338 g/mol. The Morgan fingerprint density at radius 3 is 2.68 bits per heavy atom.